The maximum absolute atomic E-state index is 12.4. The summed E-state index contributed by atoms with van der Waals surface area (Å²) in [7, 11) is 0. The number of anilines is 1. The lowest BCUT2D eigenvalue weighted by Crippen LogP contribution is -2.27. The lowest BCUT2D eigenvalue weighted by molar-refractivity contribution is -0.0636. The number of hydrogen-bond acceptors (Lipinski definition) is 7. The molecule has 119 valence electrons. The van der Waals surface area contributed by atoms with E-state index in [9.17, 15) is 9.90 Å². The molecule has 3 N–H and O–H groups in total. The van der Waals surface area contributed by atoms with E-state index >= 15 is 0 Å². The maximum atomic E-state index is 12.4. The molecular formula is C14H19N4O3S. The molecule has 1 aliphatic rings. The molecule has 1 fully saturated rings. The van der Waals surface area contributed by atoms with E-state index in [4.69, 9.17) is 10.5 Å². The summed E-state index contributed by atoms with van der Waals surface area (Å²) in [4.78, 5) is 20.3. The number of rotatable bonds is 4. The van der Waals surface area contributed by atoms with Gasteiger partial charge in [-0.05, 0) is 19.3 Å². The van der Waals surface area contributed by atoms with Crippen LogP contribution in [0.15, 0.2) is 11.0 Å². The lowest BCUT2D eigenvalue weighted by Gasteiger charge is -2.19. The molecule has 2 aromatic heterocycles. The summed E-state index contributed by atoms with van der Waals surface area (Å²) in [5.74, 6) is 0.164. The molecule has 3 rings (SSSR count). The average Bonchev–Trinajstić information content (AvgIpc) is 3.06. The zero-order chi connectivity index (χ0) is 15.9. The Labute approximate surface area is 131 Å². The van der Waals surface area contributed by atoms with Crippen molar-refractivity contribution in [3.63, 3.8) is 0 Å². The van der Waals surface area contributed by atoms with Crippen LogP contribution in [0.5, 0.6) is 0 Å². The first-order chi connectivity index (χ1) is 10.5. The van der Waals surface area contributed by atoms with Gasteiger partial charge < -0.3 is 15.6 Å². The van der Waals surface area contributed by atoms with E-state index < -0.39 is 12.3 Å². The van der Waals surface area contributed by atoms with Crippen LogP contribution in [0, 0.1) is 12.3 Å². The van der Waals surface area contributed by atoms with Gasteiger partial charge in [0.15, 0.2) is 5.65 Å². The number of ether oxygens (including phenoxy) is 1. The minimum absolute atomic E-state index is 0.0397. The van der Waals surface area contributed by atoms with Crippen LogP contribution in [0.3, 0.4) is 0 Å². The SMILES string of the molecule is C[CH][C@H]1C[C@@H]([C@@H](O)CC)O[C@H]1n1c(=O)sc2cnc(N)nc21. The largest absolute Gasteiger partial charge is 0.390 e. The standard InChI is InChI=1S/C14H19N4O3S/c1-3-7-5-9(8(19)4-2)21-12(7)18-11-10(22-14(18)20)6-16-13(15)17-11/h3,6-9,12,19H,4-5H2,1-2H3,(H2,15,16,17)/t7-,8-,9-,12+/m0/s1. The quantitative estimate of drug-likeness (QED) is 0.880. The molecule has 0 saturated carbocycles. The van der Waals surface area contributed by atoms with Crippen LogP contribution in [0.1, 0.15) is 32.9 Å². The highest BCUT2D eigenvalue weighted by Crippen LogP contribution is 2.38. The number of nitrogens with two attached hydrogens (primary N) is 1. The number of nitrogens with zero attached hydrogens (tertiary/aromatic N) is 3. The molecule has 7 nitrogen and oxygen atoms in total. The summed E-state index contributed by atoms with van der Waals surface area (Å²) in [5.41, 5.74) is 6.13. The monoisotopic (exact) mass is 323 g/mol. The highest BCUT2D eigenvalue weighted by atomic mass is 32.1. The van der Waals surface area contributed by atoms with Gasteiger partial charge in [0.25, 0.3) is 0 Å². The number of aromatic nitrogens is 3. The smallest absolute Gasteiger partial charge is 0.311 e. The molecule has 0 aromatic carbocycles. The van der Waals surface area contributed by atoms with E-state index in [0.29, 0.717) is 23.2 Å². The third-order valence-corrected chi connectivity index (χ3v) is 4.97. The summed E-state index contributed by atoms with van der Waals surface area (Å²) in [5, 5.41) is 10.0. The van der Waals surface area contributed by atoms with Crippen LogP contribution in [-0.4, -0.2) is 31.8 Å². The summed E-state index contributed by atoms with van der Waals surface area (Å²) < 4.78 is 8.19. The number of aliphatic hydroxyl groups excluding tert-OH is 1. The highest BCUT2D eigenvalue weighted by Gasteiger charge is 2.40. The lowest BCUT2D eigenvalue weighted by atomic mass is 9.97. The van der Waals surface area contributed by atoms with E-state index in [2.05, 4.69) is 9.97 Å². The normalized spacial score (nSPS) is 26.6. The molecule has 22 heavy (non-hydrogen) atoms. The minimum Gasteiger partial charge on any atom is -0.390 e. The topological polar surface area (TPSA) is 103 Å². The average molecular weight is 323 g/mol. The van der Waals surface area contributed by atoms with Gasteiger partial charge in [0, 0.05) is 5.92 Å². The second-order valence-electron chi connectivity index (χ2n) is 5.43. The fourth-order valence-corrected chi connectivity index (χ4v) is 3.68. The number of thiazole rings is 1. The Kier molecular flexibility index (Phi) is 4.16. The van der Waals surface area contributed by atoms with E-state index in [1.807, 2.05) is 20.3 Å². The Morgan fingerprint density at radius 2 is 2.45 bits per heavy atom. The molecule has 4 atom stereocenters. The van der Waals surface area contributed by atoms with Gasteiger partial charge in [-0.15, -0.1) is 0 Å². The summed E-state index contributed by atoms with van der Waals surface area (Å²) >= 11 is 1.07. The van der Waals surface area contributed by atoms with Crippen molar-refractivity contribution in [2.24, 2.45) is 5.92 Å². The summed E-state index contributed by atoms with van der Waals surface area (Å²) in [6, 6.07) is 0. The van der Waals surface area contributed by atoms with Gasteiger partial charge >= 0.3 is 4.87 Å². The van der Waals surface area contributed by atoms with Crippen LogP contribution < -0.4 is 10.6 Å². The molecular weight excluding hydrogens is 304 g/mol. The van der Waals surface area contributed by atoms with Crippen molar-refractivity contribution in [2.45, 2.75) is 45.1 Å². The van der Waals surface area contributed by atoms with Gasteiger partial charge in [-0.25, -0.2) is 4.98 Å². The Morgan fingerprint density at radius 3 is 3.14 bits per heavy atom. The van der Waals surface area contributed by atoms with Gasteiger partial charge in [0.05, 0.1) is 23.1 Å². The zero-order valence-corrected chi connectivity index (χ0v) is 13.3. The highest BCUT2D eigenvalue weighted by molar-refractivity contribution is 7.16. The predicted molar refractivity (Wildman–Crippen MR) is 84.4 cm³/mol. The van der Waals surface area contributed by atoms with Gasteiger partial charge in [0.2, 0.25) is 5.95 Å². The van der Waals surface area contributed by atoms with Gasteiger partial charge in [0.1, 0.15) is 6.23 Å². The van der Waals surface area contributed by atoms with E-state index in [-0.39, 0.29) is 22.8 Å². The number of hydrogen-bond donors (Lipinski definition) is 2. The Hall–Kier alpha value is -1.51. The number of nitrogen functional groups attached to an aromatic ring is 1. The molecule has 1 aliphatic heterocycles. The van der Waals surface area contributed by atoms with Crippen LogP contribution in [-0.2, 0) is 4.74 Å². The number of fused-ring (bicyclic) bond motifs is 1. The Morgan fingerprint density at radius 1 is 1.68 bits per heavy atom. The van der Waals surface area contributed by atoms with Crippen molar-refractivity contribution < 1.29 is 9.84 Å². The Balaban J connectivity index is 2.04. The third kappa shape index (κ3) is 2.51. The van der Waals surface area contributed by atoms with Crippen molar-refractivity contribution in [1.29, 1.82) is 0 Å². The number of aliphatic hydroxyl groups is 1. The van der Waals surface area contributed by atoms with Gasteiger partial charge in [-0.1, -0.05) is 25.2 Å². The molecule has 0 spiro atoms. The Bertz CT molecular complexity index is 728. The second kappa shape index (κ2) is 5.94. The first kappa shape index (κ1) is 15.4. The predicted octanol–water partition coefficient (Wildman–Crippen LogP) is 1.33. The van der Waals surface area contributed by atoms with Crippen LogP contribution in [0.25, 0.3) is 10.3 Å². The molecule has 0 unspecified atom stereocenters. The molecule has 0 aliphatic carbocycles. The van der Waals surface area contributed by atoms with Crippen molar-refractivity contribution in [1.82, 2.24) is 14.5 Å². The molecule has 0 amide bonds. The first-order valence-electron chi connectivity index (χ1n) is 7.31. The van der Waals surface area contributed by atoms with Crippen LogP contribution in [0.2, 0.25) is 0 Å². The molecule has 1 radical (unpaired) electrons. The van der Waals surface area contributed by atoms with E-state index in [1.54, 1.807) is 6.20 Å². The zero-order valence-electron chi connectivity index (χ0n) is 12.5. The van der Waals surface area contributed by atoms with E-state index in [0.717, 1.165) is 11.3 Å². The van der Waals surface area contributed by atoms with Gasteiger partial charge in [-0.3, -0.25) is 9.36 Å². The summed E-state index contributed by atoms with van der Waals surface area (Å²) in [6.45, 7) is 3.84. The molecule has 0 bridgehead atoms. The molecule has 8 heteroatoms. The maximum Gasteiger partial charge on any atom is 0.311 e. The van der Waals surface area contributed by atoms with Crippen molar-refractivity contribution in [3.05, 3.63) is 22.3 Å². The van der Waals surface area contributed by atoms with Crippen LogP contribution >= 0.6 is 11.3 Å². The molecule has 3 heterocycles. The third-order valence-electron chi connectivity index (χ3n) is 4.09. The fourth-order valence-electron chi connectivity index (χ4n) is 2.86. The molecule has 1 saturated heterocycles. The van der Waals surface area contributed by atoms with Crippen molar-refractivity contribution in [2.75, 3.05) is 5.73 Å². The second-order valence-corrected chi connectivity index (χ2v) is 6.42. The fraction of sp³-hybridized carbons (Fsp3) is 0.571. The molecule has 2 aromatic rings. The summed E-state index contributed by atoms with van der Waals surface area (Å²) in [6.07, 6.45) is 3.57. The first-order valence-corrected chi connectivity index (χ1v) is 8.13. The van der Waals surface area contributed by atoms with Crippen molar-refractivity contribution in [3.8, 4) is 0 Å². The van der Waals surface area contributed by atoms with Gasteiger partial charge in [-0.2, -0.15) is 4.98 Å². The minimum atomic E-state index is -0.534. The van der Waals surface area contributed by atoms with Crippen molar-refractivity contribution >= 4 is 27.6 Å². The van der Waals surface area contributed by atoms with Crippen LogP contribution in [0.4, 0.5) is 5.95 Å². The van der Waals surface area contributed by atoms with E-state index in [1.165, 1.54) is 4.57 Å².